The number of nitrogens with zero attached hydrogens (tertiary/aromatic N) is 4. The van der Waals surface area contributed by atoms with Gasteiger partial charge in [0.25, 0.3) is 23.6 Å². The molecule has 4 N–H and O–H groups in total. The topological polar surface area (TPSA) is 200 Å². The number of hydrogen-bond acceptors (Lipinski definition) is 10. The summed E-state index contributed by atoms with van der Waals surface area (Å²) >= 11 is 37.1. The van der Waals surface area contributed by atoms with E-state index < -0.39 is 47.3 Å². The summed E-state index contributed by atoms with van der Waals surface area (Å²) in [6.45, 7) is 2.25. The molecule has 0 saturated heterocycles. The Balaban J connectivity index is 1.24. The van der Waals surface area contributed by atoms with Crippen LogP contribution < -0.4 is 21.3 Å². The third kappa shape index (κ3) is 12.7. The summed E-state index contributed by atoms with van der Waals surface area (Å²) in [7, 11) is 0. The maximum absolute atomic E-state index is 13.3. The molecule has 0 aromatic heterocycles. The van der Waals surface area contributed by atoms with Crippen LogP contribution in [0.2, 0.25) is 20.1 Å². The van der Waals surface area contributed by atoms with Crippen LogP contribution in [0, 0.1) is 0 Å². The number of benzene rings is 5. The largest absolute Gasteiger partial charge is 0.322 e. The molecular weight excluding hydrogens is 925 g/mol. The van der Waals surface area contributed by atoms with Crippen molar-refractivity contribution in [1.82, 2.24) is 0 Å². The SMILES string of the molecule is CC(=O)C(N=Nc1ccc(Cl)c(C(=O)Nc2ccc(CCl)cc2)c1)C(=O)Nc1cc(Cl)c(NC(=O)C(N=Nc2ccc(Cl)c(C(=O)Nc3ccc(CCl)cc3)c2)C(C)=O)cc1Cl. The van der Waals surface area contributed by atoms with E-state index in [1.54, 1.807) is 48.5 Å². The fraction of sp³-hybridized carbons (Fsp3) is 0.143. The van der Waals surface area contributed by atoms with Gasteiger partial charge in [0.2, 0.25) is 12.1 Å². The molecule has 0 spiro atoms. The van der Waals surface area contributed by atoms with Gasteiger partial charge in [0.1, 0.15) is 0 Å². The Kier molecular flexibility index (Phi) is 16.7. The Bertz CT molecular complexity index is 2430. The number of amides is 4. The Morgan fingerprint density at radius 3 is 1.16 bits per heavy atom. The molecule has 62 heavy (non-hydrogen) atoms. The van der Waals surface area contributed by atoms with Crippen molar-refractivity contribution in [2.75, 3.05) is 21.3 Å². The zero-order chi connectivity index (χ0) is 45.1. The Hall–Kier alpha value is -5.74. The highest BCUT2D eigenvalue weighted by Gasteiger charge is 2.27. The third-order valence-corrected chi connectivity index (χ3v) is 10.4. The second-order valence-electron chi connectivity index (χ2n) is 13.1. The van der Waals surface area contributed by atoms with Crippen LogP contribution in [0.4, 0.5) is 34.1 Å². The first-order valence-corrected chi connectivity index (χ1v) is 20.6. The van der Waals surface area contributed by atoms with Gasteiger partial charge in [-0.3, -0.25) is 28.8 Å². The maximum Gasteiger partial charge on any atom is 0.258 e. The van der Waals surface area contributed by atoms with Gasteiger partial charge in [-0.05, 0) is 97.8 Å². The number of carbonyl (C=O) groups is 6. The number of nitrogens with one attached hydrogen (secondary N) is 4. The van der Waals surface area contributed by atoms with Crippen molar-refractivity contribution < 1.29 is 28.8 Å². The van der Waals surface area contributed by atoms with Gasteiger partial charge in [-0.1, -0.05) is 70.7 Å². The summed E-state index contributed by atoms with van der Waals surface area (Å²) in [6.07, 6.45) is 0. The molecule has 0 bridgehead atoms. The van der Waals surface area contributed by atoms with Crippen LogP contribution in [0.25, 0.3) is 0 Å². The first-order valence-electron chi connectivity index (χ1n) is 18.0. The summed E-state index contributed by atoms with van der Waals surface area (Å²) in [4.78, 5) is 77.6. The average molecular weight is 957 g/mol. The standard InChI is InChI=1S/C42H32Cl6N8O6/c1-21(57)37(55-53-27-11-13-31(45)29(15-27)39(59)49-25-7-3-23(19-43)4-8-25)41(61)51-35-17-34(48)36(18-33(35)47)52-42(62)38(22(2)58)56-54-28-12-14-32(46)30(16-28)40(60)50-26-9-5-24(20-44)6-10-26/h3-18,37-38H,19-20H2,1-2H3,(H,49,59)(H,50,60)(H,51,61)(H,52,62). The first kappa shape index (κ1) is 47.3. The van der Waals surface area contributed by atoms with Gasteiger partial charge in [0.05, 0.1) is 54.0 Å². The number of halogens is 6. The van der Waals surface area contributed by atoms with Crippen molar-refractivity contribution in [3.05, 3.63) is 139 Å². The van der Waals surface area contributed by atoms with Crippen molar-refractivity contribution in [2.45, 2.75) is 37.7 Å². The molecule has 0 aliphatic rings. The molecule has 0 saturated carbocycles. The van der Waals surface area contributed by atoms with E-state index in [1.807, 2.05) is 0 Å². The molecule has 0 radical (unpaired) electrons. The van der Waals surface area contributed by atoms with Gasteiger partial charge in [-0.2, -0.15) is 20.5 Å². The number of carbonyl (C=O) groups excluding carboxylic acids is 6. The molecule has 14 nitrogen and oxygen atoms in total. The lowest BCUT2D eigenvalue weighted by Gasteiger charge is -2.15. The van der Waals surface area contributed by atoms with Gasteiger partial charge >= 0.3 is 0 Å². The second-order valence-corrected chi connectivity index (χ2v) is 15.3. The lowest BCUT2D eigenvalue weighted by molar-refractivity contribution is -0.127. The number of Topliss-reactive ketones (excluding diaryl/α,β-unsaturated/α-hetero) is 2. The molecule has 2 unspecified atom stereocenters. The van der Waals surface area contributed by atoms with Crippen molar-refractivity contribution in [1.29, 1.82) is 0 Å². The van der Waals surface area contributed by atoms with Crippen molar-refractivity contribution in [2.24, 2.45) is 20.5 Å². The molecule has 20 heteroatoms. The van der Waals surface area contributed by atoms with Gasteiger partial charge < -0.3 is 21.3 Å². The molecule has 5 aromatic rings. The predicted molar refractivity (Wildman–Crippen MR) is 242 cm³/mol. The summed E-state index contributed by atoms with van der Waals surface area (Å²) in [5.41, 5.74) is 2.97. The third-order valence-electron chi connectivity index (χ3n) is 8.54. The zero-order valence-corrected chi connectivity index (χ0v) is 36.8. The highest BCUT2D eigenvalue weighted by Crippen LogP contribution is 2.34. The predicted octanol–water partition coefficient (Wildman–Crippen LogP) is 11.6. The Morgan fingerprint density at radius 1 is 0.484 bits per heavy atom. The zero-order valence-electron chi connectivity index (χ0n) is 32.3. The van der Waals surface area contributed by atoms with Crippen LogP contribution in [0.1, 0.15) is 45.7 Å². The van der Waals surface area contributed by atoms with Crippen LogP contribution in [0.15, 0.2) is 118 Å². The van der Waals surface area contributed by atoms with Crippen LogP contribution in [-0.2, 0) is 30.9 Å². The molecule has 318 valence electrons. The number of ketones is 2. The number of alkyl halides is 2. The fourth-order valence-corrected chi connectivity index (χ4v) is 6.46. The number of rotatable bonds is 16. The lowest BCUT2D eigenvalue weighted by atomic mass is 10.1. The first-order chi connectivity index (χ1) is 29.6. The summed E-state index contributed by atoms with van der Waals surface area (Å²) < 4.78 is 0. The summed E-state index contributed by atoms with van der Waals surface area (Å²) in [6, 6.07) is 21.2. The van der Waals surface area contributed by atoms with E-state index in [0.717, 1.165) is 25.0 Å². The molecule has 0 heterocycles. The Labute approximate surface area is 384 Å². The molecule has 5 aromatic carbocycles. The number of anilines is 4. The minimum absolute atomic E-state index is 0.0525. The number of hydrogen-bond donors (Lipinski definition) is 4. The van der Waals surface area contributed by atoms with E-state index in [1.165, 1.54) is 48.5 Å². The fourth-order valence-electron chi connectivity index (χ4n) is 5.28. The highest BCUT2D eigenvalue weighted by atomic mass is 35.5. The highest BCUT2D eigenvalue weighted by molar-refractivity contribution is 6.38. The second kappa shape index (κ2) is 21.9. The van der Waals surface area contributed by atoms with E-state index in [-0.39, 0.29) is 54.0 Å². The summed E-state index contributed by atoms with van der Waals surface area (Å²) in [5.74, 6) is -3.67. The molecule has 0 aliphatic carbocycles. The van der Waals surface area contributed by atoms with Gasteiger partial charge in [-0.25, -0.2) is 0 Å². The molecule has 0 fully saturated rings. The maximum atomic E-state index is 13.3. The minimum atomic E-state index is -1.65. The van der Waals surface area contributed by atoms with Crippen molar-refractivity contribution >= 4 is 139 Å². The van der Waals surface area contributed by atoms with Crippen LogP contribution in [0.5, 0.6) is 0 Å². The summed E-state index contributed by atoms with van der Waals surface area (Å²) in [5, 5.41) is 26.2. The molecule has 2 atom stereocenters. The quantitative estimate of drug-likeness (QED) is 0.0431. The van der Waals surface area contributed by atoms with E-state index in [4.69, 9.17) is 69.6 Å². The Morgan fingerprint density at radius 2 is 0.839 bits per heavy atom. The van der Waals surface area contributed by atoms with E-state index in [9.17, 15) is 28.8 Å². The van der Waals surface area contributed by atoms with Gasteiger partial charge in [-0.15, -0.1) is 23.2 Å². The van der Waals surface area contributed by atoms with Crippen molar-refractivity contribution in [3.8, 4) is 0 Å². The molecule has 5 rings (SSSR count). The van der Waals surface area contributed by atoms with Gasteiger partial charge in [0.15, 0.2) is 11.6 Å². The molecule has 4 amide bonds. The smallest absolute Gasteiger partial charge is 0.258 e. The van der Waals surface area contributed by atoms with Gasteiger partial charge in [0, 0.05) is 23.1 Å². The monoisotopic (exact) mass is 954 g/mol. The van der Waals surface area contributed by atoms with E-state index >= 15 is 0 Å². The molecular formula is C42H32Cl6N8O6. The normalized spacial score (nSPS) is 12.1. The van der Waals surface area contributed by atoms with Crippen LogP contribution >= 0.6 is 69.6 Å². The van der Waals surface area contributed by atoms with Crippen molar-refractivity contribution in [3.63, 3.8) is 0 Å². The van der Waals surface area contributed by atoms with E-state index in [0.29, 0.717) is 23.1 Å². The lowest BCUT2D eigenvalue weighted by Crippen LogP contribution is -2.32. The molecule has 0 aliphatic heterocycles. The van der Waals surface area contributed by atoms with E-state index in [2.05, 4.69) is 41.7 Å². The average Bonchev–Trinajstić information content (AvgIpc) is 3.24. The number of azo groups is 2. The van der Waals surface area contributed by atoms with Crippen LogP contribution in [0.3, 0.4) is 0 Å². The van der Waals surface area contributed by atoms with Crippen LogP contribution in [-0.4, -0.2) is 47.3 Å². The minimum Gasteiger partial charge on any atom is -0.322 e.